The average molecular weight is 449 g/mol. The molecule has 2 saturated carbocycles. The second-order valence-electron chi connectivity index (χ2n) is 9.49. The zero-order valence-electron chi connectivity index (χ0n) is 18.6. The van der Waals surface area contributed by atoms with E-state index >= 15 is 0 Å². The van der Waals surface area contributed by atoms with Crippen LogP contribution in [0.3, 0.4) is 0 Å². The van der Waals surface area contributed by atoms with Crippen molar-refractivity contribution in [1.29, 1.82) is 0 Å². The van der Waals surface area contributed by atoms with Crippen LogP contribution in [-0.4, -0.2) is 52.7 Å². The molecule has 3 aliphatic carbocycles. The van der Waals surface area contributed by atoms with Crippen molar-refractivity contribution in [3.8, 4) is 11.1 Å². The highest BCUT2D eigenvalue weighted by atomic mass is 16.5. The lowest BCUT2D eigenvalue weighted by Gasteiger charge is -2.34. The lowest BCUT2D eigenvalue weighted by molar-refractivity contribution is -0.148. The van der Waals surface area contributed by atoms with Gasteiger partial charge >= 0.3 is 12.1 Å². The minimum atomic E-state index is -1.17. The van der Waals surface area contributed by atoms with E-state index in [2.05, 4.69) is 29.6 Å². The van der Waals surface area contributed by atoms with Crippen LogP contribution in [-0.2, 0) is 14.3 Å². The number of carbonyl (C=O) groups is 3. The molecule has 2 amide bonds. The molecule has 0 aliphatic heterocycles. The summed E-state index contributed by atoms with van der Waals surface area (Å²) < 4.78 is 5.66. The quantitative estimate of drug-likeness (QED) is 0.641. The van der Waals surface area contributed by atoms with Crippen LogP contribution in [0.25, 0.3) is 11.1 Å². The summed E-state index contributed by atoms with van der Waals surface area (Å²) >= 11 is 0. The first-order valence-corrected chi connectivity index (χ1v) is 11.5. The summed E-state index contributed by atoms with van der Waals surface area (Å²) in [6, 6.07) is 16.2. The van der Waals surface area contributed by atoms with Crippen LogP contribution >= 0.6 is 0 Å². The molecule has 5 rings (SSSR count). The molecule has 7 nitrogen and oxygen atoms in total. The summed E-state index contributed by atoms with van der Waals surface area (Å²) in [5.74, 6) is -1.46. The predicted molar refractivity (Wildman–Crippen MR) is 122 cm³/mol. The Balaban J connectivity index is 1.30. The van der Waals surface area contributed by atoms with Gasteiger partial charge in [-0.05, 0) is 60.8 Å². The number of fused-ring (bicyclic) bond motifs is 3. The monoisotopic (exact) mass is 448 g/mol. The van der Waals surface area contributed by atoms with E-state index in [9.17, 15) is 19.5 Å². The molecule has 0 radical (unpaired) electrons. The van der Waals surface area contributed by atoms with Gasteiger partial charge < -0.3 is 20.1 Å². The van der Waals surface area contributed by atoms with Crippen LogP contribution < -0.4 is 5.32 Å². The van der Waals surface area contributed by atoms with Gasteiger partial charge in [0.25, 0.3) is 0 Å². The smallest absolute Gasteiger partial charge is 0.408 e. The first-order chi connectivity index (χ1) is 15.9. The fourth-order valence-corrected chi connectivity index (χ4v) is 5.03. The largest absolute Gasteiger partial charge is 0.480 e. The molecule has 2 fully saturated rings. The van der Waals surface area contributed by atoms with E-state index in [4.69, 9.17) is 4.74 Å². The molecule has 33 heavy (non-hydrogen) atoms. The Morgan fingerprint density at radius 2 is 1.58 bits per heavy atom. The molecule has 172 valence electrons. The number of rotatable bonds is 8. The number of ether oxygens (including phenoxy) is 1. The summed E-state index contributed by atoms with van der Waals surface area (Å²) in [4.78, 5) is 39.0. The fourth-order valence-electron chi connectivity index (χ4n) is 5.03. The predicted octanol–water partition coefficient (Wildman–Crippen LogP) is 3.77. The van der Waals surface area contributed by atoms with Crippen molar-refractivity contribution < 1.29 is 24.2 Å². The summed E-state index contributed by atoms with van der Waals surface area (Å²) in [6.07, 6.45) is 2.58. The Morgan fingerprint density at radius 3 is 2.09 bits per heavy atom. The number of nitrogens with one attached hydrogen (secondary N) is 1. The van der Waals surface area contributed by atoms with Gasteiger partial charge in [-0.25, -0.2) is 4.79 Å². The first-order valence-electron chi connectivity index (χ1n) is 11.5. The standard InChI is InChI=1S/C26H28N2O5/c1-26(16-10-11-16,24(31)28(14-23(29)30)17-12-13-17)27-25(32)33-15-22-20-8-4-2-6-18(20)19-7-3-5-9-21(19)22/h2-9,16-17,22H,10-15H2,1H3,(H,27,32)(H,29,30). The number of hydrogen-bond acceptors (Lipinski definition) is 4. The summed E-state index contributed by atoms with van der Waals surface area (Å²) in [5.41, 5.74) is 3.37. The van der Waals surface area contributed by atoms with Crippen LogP contribution in [0.2, 0.25) is 0 Å². The Kier molecular flexibility index (Phi) is 5.35. The number of carboxylic acid groups (broad SMARTS) is 1. The second-order valence-corrected chi connectivity index (χ2v) is 9.49. The van der Waals surface area contributed by atoms with Gasteiger partial charge in [0.15, 0.2) is 0 Å². The number of hydrogen-bond donors (Lipinski definition) is 2. The number of carboxylic acids is 1. The minimum absolute atomic E-state index is 0.0134. The topological polar surface area (TPSA) is 95.9 Å². The highest BCUT2D eigenvalue weighted by Crippen LogP contribution is 2.45. The Labute approximate surface area is 192 Å². The zero-order valence-corrected chi connectivity index (χ0v) is 18.6. The number of aliphatic carboxylic acids is 1. The molecule has 0 spiro atoms. The molecule has 2 aromatic rings. The van der Waals surface area contributed by atoms with Crippen LogP contribution in [0.5, 0.6) is 0 Å². The van der Waals surface area contributed by atoms with Gasteiger partial charge in [-0.2, -0.15) is 0 Å². The number of benzene rings is 2. The van der Waals surface area contributed by atoms with Crippen molar-refractivity contribution in [2.75, 3.05) is 13.2 Å². The molecule has 0 saturated heterocycles. The number of nitrogens with zero attached hydrogens (tertiary/aromatic N) is 1. The number of amides is 2. The molecule has 2 N–H and O–H groups in total. The van der Waals surface area contributed by atoms with Crippen molar-refractivity contribution in [1.82, 2.24) is 10.2 Å². The van der Waals surface area contributed by atoms with Gasteiger partial charge in [0.1, 0.15) is 18.7 Å². The van der Waals surface area contributed by atoms with E-state index < -0.39 is 17.6 Å². The highest BCUT2D eigenvalue weighted by molar-refractivity contribution is 5.92. The Hall–Kier alpha value is -3.35. The van der Waals surface area contributed by atoms with E-state index in [0.717, 1.165) is 47.9 Å². The van der Waals surface area contributed by atoms with Gasteiger partial charge in [-0.3, -0.25) is 9.59 Å². The fraction of sp³-hybridized carbons (Fsp3) is 0.423. The third kappa shape index (κ3) is 4.08. The Morgan fingerprint density at radius 1 is 1.00 bits per heavy atom. The normalized spacial score (nSPS) is 18.6. The molecule has 7 heteroatoms. The Bertz CT molecular complexity index is 1060. The van der Waals surface area contributed by atoms with E-state index in [0.29, 0.717) is 0 Å². The van der Waals surface area contributed by atoms with Crippen LogP contribution in [0.1, 0.15) is 49.7 Å². The van der Waals surface area contributed by atoms with Crippen LogP contribution in [0, 0.1) is 5.92 Å². The summed E-state index contributed by atoms with van der Waals surface area (Å²) in [6.45, 7) is 1.51. The van der Waals surface area contributed by atoms with Crippen LogP contribution in [0.15, 0.2) is 48.5 Å². The van der Waals surface area contributed by atoms with Gasteiger partial charge in [-0.15, -0.1) is 0 Å². The molecule has 2 aromatic carbocycles. The molecule has 3 aliphatic rings. The zero-order chi connectivity index (χ0) is 23.2. The third-order valence-electron chi connectivity index (χ3n) is 7.10. The molecular weight excluding hydrogens is 420 g/mol. The number of carbonyl (C=O) groups excluding carboxylic acids is 2. The first kappa shape index (κ1) is 21.5. The third-order valence-corrected chi connectivity index (χ3v) is 7.10. The van der Waals surface area contributed by atoms with Gasteiger partial charge in [-0.1, -0.05) is 48.5 Å². The van der Waals surface area contributed by atoms with E-state index in [1.807, 2.05) is 24.3 Å². The molecule has 0 heterocycles. The SMILES string of the molecule is CC(NC(=O)OCC1c2ccccc2-c2ccccc21)(C(=O)N(CC(=O)O)C1CC1)C1CC1. The van der Waals surface area contributed by atoms with Crippen molar-refractivity contribution in [3.63, 3.8) is 0 Å². The molecule has 0 bridgehead atoms. The van der Waals surface area contributed by atoms with Crippen molar-refractivity contribution in [2.24, 2.45) is 5.92 Å². The van der Waals surface area contributed by atoms with Crippen LogP contribution in [0.4, 0.5) is 4.79 Å². The van der Waals surface area contributed by atoms with Gasteiger partial charge in [0.2, 0.25) is 5.91 Å². The molecule has 0 aromatic heterocycles. The van der Waals surface area contributed by atoms with Crippen molar-refractivity contribution in [2.45, 2.75) is 50.1 Å². The molecular formula is C26H28N2O5. The maximum atomic E-state index is 13.4. The average Bonchev–Trinajstić information content (AvgIpc) is 3.71. The van der Waals surface area contributed by atoms with Crippen molar-refractivity contribution >= 4 is 18.0 Å². The second kappa shape index (κ2) is 8.21. The maximum absolute atomic E-state index is 13.4. The van der Waals surface area contributed by atoms with E-state index in [1.54, 1.807) is 6.92 Å². The summed E-state index contributed by atoms with van der Waals surface area (Å²) in [5, 5.41) is 12.1. The highest BCUT2D eigenvalue weighted by Gasteiger charge is 2.52. The minimum Gasteiger partial charge on any atom is -0.480 e. The van der Waals surface area contributed by atoms with Gasteiger partial charge in [0.05, 0.1) is 0 Å². The summed E-state index contributed by atoms with van der Waals surface area (Å²) in [7, 11) is 0. The lowest BCUT2D eigenvalue weighted by Crippen LogP contribution is -2.60. The maximum Gasteiger partial charge on any atom is 0.408 e. The number of alkyl carbamates (subject to hydrolysis) is 1. The van der Waals surface area contributed by atoms with Crippen molar-refractivity contribution in [3.05, 3.63) is 59.7 Å². The lowest BCUT2D eigenvalue weighted by atomic mass is 9.93. The molecule has 1 atom stereocenters. The molecule has 1 unspecified atom stereocenters. The van der Waals surface area contributed by atoms with Gasteiger partial charge in [0, 0.05) is 12.0 Å². The van der Waals surface area contributed by atoms with E-state index in [-0.39, 0.29) is 36.9 Å². The van der Waals surface area contributed by atoms with E-state index in [1.165, 1.54) is 4.90 Å².